The van der Waals surface area contributed by atoms with Crippen LogP contribution < -0.4 is 10.0 Å². The van der Waals surface area contributed by atoms with Crippen LogP contribution in [0, 0.1) is 5.92 Å². The molecule has 0 heterocycles. The van der Waals surface area contributed by atoms with Gasteiger partial charge in [0.2, 0.25) is 11.8 Å². The second kappa shape index (κ2) is 16.0. The van der Waals surface area contributed by atoms with E-state index in [2.05, 4.69) is 10.0 Å². The van der Waals surface area contributed by atoms with Crippen molar-refractivity contribution in [2.75, 3.05) is 52.4 Å². The Labute approximate surface area is 143 Å². The van der Waals surface area contributed by atoms with Crippen molar-refractivity contribution in [2.45, 2.75) is 26.7 Å². The number of rotatable bonds is 15. The largest absolute Gasteiger partial charge is 0.379 e. The van der Waals surface area contributed by atoms with Gasteiger partial charge in [0.25, 0.3) is 0 Å². The Balaban J connectivity index is 3.16. The first-order valence-corrected chi connectivity index (χ1v) is 9.10. The van der Waals surface area contributed by atoms with Gasteiger partial charge in [-0.1, -0.05) is 25.8 Å². The number of hydrogen-bond acceptors (Lipinski definition) is 6. The molecule has 2 amide bonds. The maximum atomic E-state index is 11.4. The van der Waals surface area contributed by atoms with E-state index in [1.165, 1.54) is 11.9 Å². The molecule has 0 unspecified atom stereocenters. The normalized spacial score (nSPS) is 10.8. The van der Waals surface area contributed by atoms with Gasteiger partial charge < -0.3 is 24.2 Å². The van der Waals surface area contributed by atoms with E-state index in [9.17, 15) is 9.59 Å². The summed E-state index contributed by atoms with van der Waals surface area (Å²) in [6.07, 6.45) is 2.70. The summed E-state index contributed by atoms with van der Waals surface area (Å²) in [5, 5.41) is 2.80. The number of hydrogen-bond donors (Lipinski definition) is 2. The van der Waals surface area contributed by atoms with Crippen molar-refractivity contribution < 1.29 is 23.8 Å². The van der Waals surface area contributed by atoms with Gasteiger partial charge in [-0.05, 0) is 5.92 Å². The van der Waals surface area contributed by atoms with Crippen LogP contribution >= 0.6 is 11.9 Å². The van der Waals surface area contributed by atoms with Crippen LogP contribution in [0.2, 0.25) is 0 Å². The Morgan fingerprint density at radius 2 is 1.48 bits per heavy atom. The molecule has 0 spiro atoms. The highest BCUT2D eigenvalue weighted by Crippen LogP contribution is 1.97. The van der Waals surface area contributed by atoms with Crippen molar-refractivity contribution in [1.29, 1.82) is 0 Å². The summed E-state index contributed by atoms with van der Waals surface area (Å²) in [7, 11) is 0. The second-order valence-electron chi connectivity index (χ2n) is 5.26. The van der Waals surface area contributed by atoms with Crippen LogP contribution in [0.1, 0.15) is 26.7 Å². The lowest BCUT2D eigenvalue weighted by atomic mass is 10.1. The lowest BCUT2D eigenvalue weighted by Gasteiger charge is -2.08. The van der Waals surface area contributed by atoms with Gasteiger partial charge in [0, 0.05) is 19.2 Å². The van der Waals surface area contributed by atoms with Crippen LogP contribution in [0.4, 0.5) is 0 Å². The van der Waals surface area contributed by atoms with Crippen LogP contribution in [0.3, 0.4) is 0 Å². The zero-order valence-electron chi connectivity index (χ0n) is 14.4. The summed E-state index contributed by atoms with van der Waals surface area (Å²) < 4.78 is 18.6. The van der Waals surface area contributed by atoms with Crippen molar-refractivity contribution >= 4 is 23.8 Å². The summed E-state index contributed by atoms with van der Waals surface area (Å²) in [5.74, 6) is 0.391. The molecule has 0 bridgehead atoms. The first kappa shape index (κ1) is 22.2. The molecule has 136 valence electrons. The molecule has 0 atom stereocenters. The Kier molecular flexibility index (Phi) is 15.5. The topological polar surface area (TPSA) is 85.9 Å². The molecule has 0 saturated carbocycles. The molecule has 7 nitrogen and oxygen atoms in total. The quantitative estimate of drug-likeness (QED) is 0.338. The van der Waals surface area contributed by atoms with Crippen LogP contribution in [-0.4, -0.2) is 64.3 Å². The molecule has 0 aromatic rings. The van der Waals surface area contributed by atoms with Crippen LogP contribution in [0.15, 0.2) is 0 Å². The molecule has 0 fully saturated rings. The third kappa shape index (κ3) is 17.4. The molecule has 2 N–H and O–H groups in total. The Morgan fingerprint density at radius 1 is 0.913 bits per heavy atom. The van der Waals surface area contributed by atoms with Gasteiger partial charge in [0.1, 0.15) is 0 Å². The Morgan fingerprint density at radius 3 is 2.04 bits per heavy atom. The molecule has 23 heavy (non-hydrogen) atoms. The molecule has 0 rings (SSSR count). The fraction of sp³-hybridized carbons (Fsp3) is 0.867. The van der Waals surface area contributed by atoms with E-state index in [4.69, 9.17) is 14.2 Å². The summed E-state index contributed by atoms with van der Waals surface area (Å²) >= 11 is 1.28. The standard InChI is InChI=1S/C15H30N2O5S/c1-13(2)12-15(19)16-5-7-21-9-11-22-10-8-20-6-4-14(18)17-23-3/h13H,4-12H2,1-3H3,(H,16,19)(H,17,18). The molecule has 0 aromatic heterocycles. The lowest BCUT2D eigenvalue weighted by Crippen LogP contribution is -2.28. The fourth-order valence-corrected chi connectivity index (χ4v) is 1.91. The minimum absolute atomic E-state index is 0.0349. The fourth-order valence-electron chi connectivity index (χ4n) is 1.58. The average molecular weight is 350 g/mol. The summed E-state index contributed by atoms with van der Waals surface area (Å²) in [5.41, 5.74) is 0. The monoisotopic (exact) mass is 350 g/mol. The van der Waals surface area contributed by atoms with Crippen molar-refractivity contribution in [3.8, 4) is 0 Å². The number of carbonyl (C=O) groups excluding carboxylic acids is 2. The van der Waals surface area contributed by atoms with E-state index in [0.717, 1.165) is 0 Å². The van der Waals surface area contributed by atoms with E-state index < -0.39 is 0 Å². The van der Waals surface area contributed by atoms with E-state index in [-0.39, 0.29) is 11.8 Å². The smallest absolute Gasteiger partial charge is 0.232 e. The highest BCUT2D eigenvalue weighted by molar-refractivity contribution is 7.97. The third-order valence-electron chi connectivity index (χ3n) is 2.60. The molecule has 0 radical (unpaired) electrons. The third-order valence-corrected chi connectivity index (χ3v) is 3.03. The SMILES string of the molecule is CSNC(=O)CCOCCOCCOCCNC(=O)CC(C)C. The first-order valence-electron chi connectivity index (χ1n) is 7.88. The maximum absolute atomic E-state index is 11.4. The Bertz CT molecular complexity index is 316. The zero-order chi connectivity index (χ0) is 17.3. The highest BCUT2D eigenvalue weighted by Gasteiger charge is 2.03. The molecular formula is C15H30N2O5S. The first-order chi connectivity index (χ1) is 11.1. The van der Waals surface area contributed by atoms with Crippen molar-refractivity contribution in [1.82, 2.24) is 10.0 Å². The predicted octanol–water partition coefficient (Wildman–Crippen LogP) is 0.983. The minimum atomic E-state index is -0.0349. The van der Waals surface area contributed by atoms with Gasteiger partial charge in [0.15, 0.2) is 0 Å². The van der Waals surface area contributed by atoms with Gasteiger partial charge in [-0.25, -0.2) is 0 Å². The van der Waals surface area contributed by atoms with Gasteiger partial charge in [-0.3, -0.25) is 9.59 Å². The average Bonchev–Trinajstić information content (AvgIpc) is 2.48. The van der Waals surface area contributed by atoms with Crippen molar-refractivity contribution in [2.24, 2.45) is 5.92 Å². The van der Waals surface area contributed by atoms with E-state index in [0.29, 0.717) is 64.9 Å². The molecule has 0 aliphatic heterocycles. The number of amides is 2. The van der Waals surface area contributed by atoms with Gasteiger partial charge in [-0.2, -0.15) is 0 Å². The molecule has 8 heteroatoms. The Hall–Kier alpha value is -0.830. The number of ether oxygens (including phenoxy) is 3. The van der Waals surface area contributed by atoms with Crippen LogP contribution in [0.25, 0.3) is 0 Å². The highest BCUT2D eigenvalue weighted by atomic mass is 32.2. The molecular weight excluding hydrogens is 320 g/mol. The lowest BCUT2D eigenvalue weighted by molar-refractivity contribution is -0.122. The van der Waals surface area contributed by atoms with Crippen molar-refractivity contribution in [3.05, 3.63) is 0 Å². The van der Waals surface area contributed by atoms with Gasteiger partial charge >= 0.3 is 0 Å². The molecule has 0 aliphatic rings. The number of carbonyl (C=O) groups is 2. The van der Waals surface area contributed by atoms with Crippen LogP contribution in [-0.2, 0) is 23.8 Å². The zero-order valence-corrected chi connectivity index (χ0v) is 15.2. The summed E-state index contributed by atoms with van der Waals surface area (Å²) in [4.78, 5) is 22.5. The maximum Gasteiger partial charge on any atom is 0.232 e. The van der Waals surface area contributed by atoms with E-state index in [1.54, 1.807) is 6.26 Å². The van der Waals surface area contributed by atoms with E-state index >= 15 is 0 Å². The summed E-state index contributed by atoms with van der Waals surface area (Å²) in [6, 6.07) is 0. The van der Waals surface area contributed by atoms with Gasteiger partial charge in [-0.15, -0.1) is 0 Å². The predicted molar refractivity (Wildman–Crippen MR) is 91.2 cm³/mol. The number of nitrogens with one attached hydrogen (secondary N) is 2. The second-order valence-corrected chi connectivity index (χ2v) is 5.88. The molecule has 0 aromatic carbocycles. The molecule has 0 aliphatic carbocycles. The van der Waals surface area contributed by atoms with E-state index in [1.807, 2.05) is 13.8 Å². The van der Waals surface area contributed by atoms with Crippen LogP contribution in [0.5, 0.6) is 0 Å². The molecule has 0 saturated heterocycles. The van der Waals surface area contributed by atoms with Crippen molar-refractivity contribution in [3.63, 3.8) is 0 Å². The van der Waals surface area contributed by atoms with Gasteiger partial charge in [0.05, 0.1) is 46.1 Å². The minimum Gasteiger partial charge on any atom is -0.379 e. The summed E-state index contributed by atoms with van der Waals surface area (Å²) in [6.45, 7) is 7.30.